The maximum Gasteiger partial charge on any atom is 0.328 e. The standard InChI is InChI=1S/C11H12ClNO4/c1-16-11(15)8-5-7(12)6-13(8)10(14)9-3-2-4-17-9/h2-4,7-8H,5-6H2,1H3/t7-,8-/m1/s1. The molecule has 1 aliphatic heterocycles. The Bertz CT molecular complexity index is 417. The second-order valence-electron chi connectivity index (χ2n) is 3.81. The second-order valence-corrected chi connectivity index (χ2v) is 4.42. The number of esters is 1. The topological polar surface area (TPSA) is 59.8 Å². The minimum absolute atomic E-state index is 0.199. The quantitative estimate of drug-likeness (QED) is 0.591. The van der Waals surface area contributed by atoms with E-state index in [2.05, 4.69) is 4.74 Å². The second kappa shape index (κ2) is 4.79. The van der Waals surface area contributed by atoms with Crippen molar-refractivity contribution in [1.82, 2.24) is 4.90 Å². The number of amides is 1. The molecule has 0 radical (unpaired) electrons. The van der Waals surface area contributed by atoms with Gasteiger partial charge in [-0.15, -0.1) is 11.6 Å². The first-order valence-corrected chi connectivity index (χ1v) is 5.63. The van der Waals surface area contributed by atoms with E-state index in [4.69, 9.17) is 16.0 Å². The molecular formula is C11H12ClNO4. The van der Waals surface area contributed by atoms with Crippen molar-refractivity contribution in [2.75, 3.05) is 13.7 Å². The molecule has 1 amide bonds. The van der Waals surface area contributed by atoms with E-state index in [-0.39, 0.29) is 17.0 Å². The zero-order chi connectivity index (χ0) is 12.4. The molecule has 2 atom stereocenters. The van der Waals surface area contributed by atoms with Crippen LogP contribution in [0.25, 0.3) is 0 Å². The van der Waals surface area contributed by atoms with Crippen molar-refractivity contribution in [3.05, 3.63) is 24.2 Å². The molecule has 1 saturated heterocycles. The summed E-state index contributed by atoms with van der Waals surface area (Å²) in [6.07, 6.45) is 1.81. The summed E-state index contributed by atoms with van der Waals surface area (Å²) in [4.78, 5) is 25.0. The molecule has 5 nitrogen and oxygen atoms in total. The number of carbonyl (C=O) groups is 2. The van der Waals surface area contributed by atoms with Crippen LogP contribution < -0.4 is 0 Å². The van der Waals surface area contributed by atoms with Crippen molar-refractivity contribution in [2.45, 2.75) is 17.8 Å². The fourth-order valence-corrected chi connectivity index (χ4v) is 2.23. The molecule has 0 unspecified atom stereocenters. The smallest absolute Gasteiger partial charge is 0.328 e. The van der Waals surface area contributed by atoms with Gasteiger partial charge in [0.05, 0.1) is 18.8 Å². The number of hydrogen-bond donors (Lipinski definition) is 0. The van der Waals surface area contributed by atoms with E-state index in [1.54, 1.807) is 12.1 Å². The third-order valence-electron chi connectivity index (χ3n) is 2.72. The molecule has 1 aromatic rings. The van der Waals surface area contributed by atoms with Gasteiger partial charge in [0.2, 0.25) is 0 Å². The zero-order valence-electron chi connectivity index (χ0n) is 9.26. The summed E-state index contributed by atoms with van der Waals surface area (Å²) in [7, 11) is 1.29. The van der Waals surface area contributed by atoms with Gasteiger partial charge in [-0.25, -0.2) is 4.79 Å². The summed E-state index contributed by atoms with van der Waals surface area (Å²) in [5.41, 5.74) is 0. The average Bonchev–Trinajstić information content (AvgIpc) is 2.95. The highest BCUT2D eigenvalue weighted by Gasteiger charge is 2.40. The summed E-state index contributed by atoms with van der Waals surface area (Å²) < 4.78 is 9.68. The van der Waals surface area contributed by atoms with Crippen LogP contribution in [0.4, 0.5) is 0 Å². The third-order valence-corrected chi connectivity index (χ3v) is 3.03. The zero-order valence-corrected chi connectivity index (χ0v) is 10.0. The SMILES string of the molecule is COC(=O)[C@H]1C[C@@H](Cl)CN1C(=O)c1ccco1. The molecule has 1 aromatic heterocycles. The molecule has 1 fully saturated rings. The van der Waals surface area contributed by atoms with Crippen LogP contribution in [-0.2, 0) is 9.53 Å². The van der Waals surface area contributed by atoms with E-state index in [0.717, 1.165) is 0 Å². The molecule has 0 saturated carbocycles. The lowest BCUT2D eigenvalue weighted by molar-refractivity contribution is -0.145. The van der Waals surface area contributed by atoms with Gasteiger partial charge in [-0.2, -0.15) is 0 Å². The maximum atomic E-state index is 12.1. The van der Waals surface area contributed by atoms with E-state index >= 15 is 0 Å². The summed E-state index contributed by atoms with van der Waals surface area (Å²) in [6.45, 7) is 0.320. The molecule has 17 heavy (non-hydrogen) atoms. The van der Waals surface area contributed by atoms with Crippen LogP contribution in [0.1, 0.15) is 17.0 Å². The highest BCUT2D eigenvalue weighted by atomic mass is 35.5. The molecule has 92 valence electrons. The van der Waals surface area contributed by atoms with Crippen LogP contribution in [0.15, 0.2) is 22.8 Å². The van der Waals surface area contributed by atoms with Crippen LogP contribution in [-0.4, -0.2) is 41.8 Å². The molecule has 1 aliphatic rings. The van der Waals surface area contributed by atoms with Crippen LogP contribution in [0, 0.1) is 0 Å². The predicted octanol–water partition coefficient (Wildman–Crippen LogP) is 1.27. The number of methoxy groups -OCH3 is 1. The fourth-order valence-electron chi connectivity index (χ4n) is 1.91. The number of alkyl halides is 1. The van der Waals surface area contributed by atoms with Crippen LogP contribution >= 0.6 is 11.6 Å². The van der Waals surface area contributed by atoms with Crippen molar-refractivity contribution < 1.29 is 18.7 Å². The predicted molar refractivity (Wildman–Crippen MR) is 59.8 cm³/mol. The first-order valence-electron chi connectivity index (χ1n) is 5.20. The number of carbonyl (C=O) groups excluding carboxylic acids is 2. The van der Waals surface area contributed by atoms with Crippen molar-refractivity contribution in [2.24, 2.45) is 0 Å². The fraction of sp³-hybridized carbons (Fsp3) is 0.455. The molecule has 6 heteroatoms. The molecule has 0 N–H and O–H groups in total. The van der Waals surface area contributed by atoms with E-state index in [9.17, 15) is 9.59 Å². The van der Waals surface area contributed by atoms with E-state index in [1.165, 1.54) is 18.3 Å². The lowest BCUT2D eigenvalue weighted by Crippen LogP contribution is -2.41. The highest BCUT2D eigenvalue weighted by molar-refractivity contribution is 6.21. The Labute approximate surface area is 103 Å². The van der Waals surface area contributed by atoms with Gasteiger partial charge >= 0.3 is 5.97 Å². The largest absolute Gasteiger partial charge is 0.467 e. The van der Waals surface area contributed by atoms with E-state index in [1.807, 2.05) is 0 Å². The molecule has 0 bridgehead atoms. The molecule has 0 aromatic carbocycles. The van der Waals surface area contributed by atoms with Gasteiger partial charge in [-0.05, 0) is 18.6 Å². The van der Waals surface area contributed by atoms with Gasteiger partial charge in [-0.3, -0.25) is 4.79 Å². The Hall–Kier alpha value is -1.49. The number of ether oxygens (including phenoxy) is 1. The lowest BCUT2D eigenvalue weighted by Gasteiger charge is -2.21. The summed E-state index contributed by atoms with van der Waals surface area (Å²) in [5.74, 6) is -0.591. The average molecular weight is 258 g/mol. The number of nitrogens with zero attached hydrogens (tertiary/aromatic N) is 1. The maximum absolute atomic E-state index is 12.1. The molecular weight excluding hydrogens is 246 g/mol. The molecule has 2 rings (SSSR count). The van der Waals surface area contributed by atoms with Gasteiger partial charge in [0.15, 0.2) is 5.76 Å². The molecule has 2 heterocycles. The first kappa shape index (κ1) is 12.0. The number of likely N-dealkylation sites (tertiary alicyclic amines) is 1. The van der Waals surface area contributed by atoms with Crippen molar-refractivity contribution in [3.8, 4) is 0 Å². The number of furan rings is 1. The summed E-state index contributed by atoms with van der Waals surface area (Å²) in [5, 5.41) is -0.238. The third kappa shape index (κ3) is 2.29. The Morgan fingerprint density at radius 1 is 1.59 bits per heavy atom. The Morgan fingerprint density at radius 3 is 2.94 bits per heavy atom. The van der Waals surface area contributed by atoms with Crippen molar-refractivity contribution in [1.29, 1.82) is 0 Å². The number of halogens is 1. The Balaban J connectivity index is 2.18. The van der Waals surface area contributed by atoms with Gasteiger partial charge in [0, 0.05) is 6.54 Å². The van der Waals surface area contributed by atoms with Gasteiger partial charge in [-0.1, -0.05) is 0 Å². The Morgan fingerprint density at radius 2 is 2.35 bits per heavy atom. The minimum atomic E-state index is -0.625. The van der Waals surface area contributed by atoms with Crippen LogP contribution in [0.5, 0.6) is 0 Å². The first-order chi connectivity index (χ1) is 8.13. The number of rotatable bonds is 2. The van der Waals surface area contributed by atoms with Crippen molar-refractivity contribution in [3.63, 3.8) is 0 Å². The molecule has 0 aliphatic carbocycles. The highest BCUT2D eigenvalue weighted by Crippen LogP contribution is 2.25. The van der Waals surface area contributed by atoms with E-state index in [0.29, 0.717) is 13.0 Å². The van der Waals surface area contributed by atoms with Gasteiger partial charge in [0.1, 0.15) is 6.04 Å². The lowest BCUT2D eigenvalue weighted by atomic mass is 10.2. The molecule has 0 spiro atoms. The van der Waals surface area contributed by atoms with Gasteiger partial charge in [0.25, 0.3) is 5.91 Å². The minimum Gasteiger partial charge on any atom is -0.467 e. The normalized spacial score (nSPS) is 23.8. The number of hydrogen-bond acceptors (Lipinski definition) is 4. The van der Waals surface area contributed by atoms with Crippen LogP contribution in [0.2, 0.25) is 0 Å². The Kier molecular flexibility index (Phi) is 3.38. The summed E-state index contributed by atoms with van der Waals surface area (Å²) >= 11 is 5.98. The van der Waals surface area contributed by atoms with Crippen molar-refractivity contribution >= 4 is 23.5 Å². The van der Waals surface area contributed by atoms with Gasteiger partial charge < -0.3 is 14.1 Å². The van der Waals surface area contributed by atoms with Crippen LogP contribution in [0.3, 0.4) is 0 Å². The monoisotopic (exact) mass is 257 g/mol. The van der Waals surface area contributed by atoms with E-state index < -0.39 is 12.0 Å². The summed E-state index contributed by atoms with van der Waals surface area (Å²) in [6, 6.07) is 2.55.